The lowest BCUT2D eigenvalue weighted by molar-refractivity contribution is -0.220. The molecule has 1 aliphatic rings. The highest BCUT2D eigenvalue weighted by atomic mass is 31.2. The number of hydrogen-bond acceptors (Lipinski definition) is 11. The van der Waals surface area contributed by atoms with Crippen LogP contribution in [0.3, 0.4) is 0 Å². The van der Waals surface area contributed by atoms with Gasteiger partial charge in [0.15, 0.2) is 0 Å². The molecule has 1 aliphatic carbocycles. The van der Waals surface area contributed by atoms with Crippen molar-refractivity contribution in [2.45, 2.75) is 293 Å². The van der Waals surface area contributed by atoms with Crippen LogP contribution in [0.4, 0.5) is 0 Å². The second-order valence-electron chi connectivity index (χ2n) is 18.6. The van der Waals surface area contributed by atoms with Gasteiger partial charge < -0.3 is 46.0 Å². The second kappa shape index (κ2) is 38.4. The summed E-state index contributed by atoms with van der Waals surface area (Å²) >= 11 is 0. The molecule has 8 atom stereocenters. The minimum absolute atomic E-state index is 0.215. The third-order valence-corrected chi connectivity index (χ3v) is 13.7. The van der Waals surface area contributed by atoms with Crippen LogP contribution in [-0.4, -0.2) is 108 Å². The summed E-state index contributed by atoms with van der Waals surface area (Å²) in [7, 11) is -5.11. The Labute approximate surface area is 377 Å². The Bertz CT molecular complexity index is 1070. The Balaban J connectivity index is 2.45. The summed E-state index contributed by atoms with van der Waals surface area (Å²) in [5.74, 6) is -0.555. The summed E-state index contributed by atoms with van der Waals surface area (Å²) in [4.78, 5) is 23.5. The van der Waals surface area contributed by atoms with Crippen LogP contribution in [0.15, 0.2) is 0 Å². The lowest BCUT2D eigenvalue weighted by Crippen LogP contribution is -2.64. The molecule has 1 saturated carbocycles. The molecule has 62 heavy (non-hydrogen) atoms. The second-order valence-corrected chi connectivity index (χ2v) is 20.0. The maximum absolute atomic E-state index is 13.0. The Morgan fingerprint density at radius 2 is 0.806 bits per heavy atom. The van der Waals surface area contributed by atoms with Gasteiger partial charge in [-0.1, -0.05) is 219 Å². The number of phosphoric acid groups is 1. The van der Waals surface area contributed by atoms with Crippen LogP contribution in [-0.2, 0) is 18.4 Å². The van der Waals surface area contributed by atoms with Crippen LogP contribution in [0.2, 0.25) is 0 Å². The van der Waals surface area contributed by atoms with Gasteiger partial charge in [0.2, 0.25) is 5.91 Å². The monoisotopic (exact) mass is 910 g/mol. The molecule has 8 unspecified atom stereocenters. The molecule has 0 heterocycles. The van der Waals surface area contributed by atoms with Crippen molar-refractivity contribution < 1.29 is 59.0 Å². The van der Waals surface area contributed by atoms with E-state index in [2.05, 4.69) is 19.2 Å². The minimum Gasteiger partial charge on any atom is -0.393 e. The summed E-state index contributed by atoms with van der Waals surface area (Å²) in [6.07, 6.45) is 25.7. The lowest BCUT2D eigenvalue weighted by Gasteiger charge is -2.41. The first-order valence-electron chi connectivity index (χ1n) is 25.6. The molecule has 9 N–H and O–H groups in total. The van der Waals surface area contributed by atoms with Gasteiger partial charge in [0.25, 0.3) is 0 Å². The summed E-state index contributed by atoms with van der Waals surface area (Å²) in [6.45, 7) is 3.82. The lowest BCUT2D eigenvalue weighted by atomic mass is 9.85. The highest BCUT2D eigenvalue weighted by molar-refractivity contribution is 7.47. The van der Waals surface area contributed by atoms with Gasteiger partial charge in [0, 0.05) is 0 Å². The van der Waals surface area contributed by atoms with E-state index in [0.717, 1.165) is 51.4 Å². The number of aliphatic hydroxyl groups excluding tert-OH is 7. The molecule has 0 aromatic heterocycles. The van der Waals surface area contributed by atoms with Crippen molar-refractivity contribution in [2.24, 2.45) is 0 Å². The molecule has 0 aromatic carbocycles. The third-order valence-electron chi connectivity index (χ3n) is 12.7. The average Bonchev–Trinajstić information content (AvgIpc) is 3.24. The molecular weight excluding hydrogens is 813 g/mol. The molecule has 14 heteroatoms. The van der Waals surface area contributed by atoms with Crippen molar-refractivity contribution in [3.63, 3.8) is 0 Å². The van der Waals surface area contributed by atoms with Crippen molar-refractivity contribution in [1.82, 2.24) is 5.32 Å². The number of nitrogens with one attached hydrogen (secondary N) is 1. The molecule has 0 radical (unpaired) electrons. The maximum atomic E-state index is 13.0. The first-order chi connectivity index (χ1) is 29.8. The molecule has 13 nitrogen and oxygen atoms in total. The standard InChI is InChI=1S/C48H96NO12P/c1-3-5-7-9-11-13-15-17-19-20-22-23-25-27-29-31-33-35-39(50)37-42(52)49-40(38-60-62(58,59)61-48-46(56)44(54)43(53)45(55)47(48)57)41(51)36-34-32-30-28-26-24-21-18-16-14-12-10-8-6-4-2/h39-41,43-48,50-51,53-57H,3-38H2,1-2H3,(H,49,52)(H,58,59). The summed E-state index contributed by atoms with van der Waals surface area (Å²) in [6, 6.07) is -1.15. The van der Waals surface area contributed by atoms with Crippen LogP contribution >= 0.6 is 7.82 Å². The number of unbranched alkanes of at least 4 members (excludes halogenated alkanes) is 30. The Kier molecular flexibility index (Phi) is 36.7. The molecule has 0 spiro atoms. The molecule has 370 valence electrons. The predicted octanol–water partition coefficient (Wildman–Crippen LogP) is 9.21. The maximum Gasteiger partial charge on any atom is 0.472 e. The van der Waals surface area contributed by atoms with Gasteiger partial charge in [-0.25, -0.2) is 4.57 Å². The van der Waals surface area contributed by atoms with Crippen LogP contribution in [0.5, 0.6) is 0 Å². The van der Waals surface area contributed by atoms with Gasteiger partial charge in [-0.3, -0.25) is 13.8 Å². The van der Waals surface area contributed by atoms with E-state index in [1.807, 2.05) is 0 Å². The van der Waals surface area contributed by atoms with Crippen molar-refractivity contribution in [1.29, 1.82) is 0 Å². The third kappa shape index (κ3) is 29.8. The van der Waals surface area contributed by atoms with Crippen molar-refractivity contribution in [2.75, 3.05) is 6.61 Å². The van der Waals surface area contributed by atoms with E-state index >= 15 is 0 Å². The number of hydrogen-bond donors (Lipinski definition) is 9. The highest BCUT2D eigenvalue weighted by Gasteiger charge is 2.51. The van der Waals surface area contributed by atoms with Crippen molar-refractivity contribution in [3.8, 4) is 0 Å². The van der Waals surface area contributed by atoms with Gasteiger partial charge in [0.1, 0.15) is 36.6 Å². The zero-order chi connectivity index (χ0) is 45.9. The topological polar surface area (TPSA) is 226 Å². The number of phosphoric ester groups is 1. The minimum atomic E-state index is -5.11. The summed E-state index contributed by atoms with van der Waals surface area (Å²) in [5, 5.41) is 74.8. The smallest absolute Gasteiger partial charge is 0.393 e. The van der Waals surface area contributed by atoms with Crippen LogP contribution < -0.4 is 5.32 Å². The quantitative estimate of drug-likeness (QED) is 0.0206. The molecule has 0 saturated heterocycles. The van der Waals surface area contributed by atoms with Crippen LogP contribution in [0, 0.1) is 0 Å². The Morgan fingerprint density at radius 3 is 1.16 bits per heavy atom. The molecular formula is C48H96NO12P. The fraction of sp³-hybridized carbons (Fsp3) is 0.979. The fourth-order valence-corrected chi connectivity index (χ4v) is 9.51. The van der Waals surface area contributed by atoms with E-state index in [1.54, 1.807) is 0 Å². The number of carbonyl (C=O) groups is 1. The van der Waals surface area contributed by atoms with E-state index in [1.165, 1.54) is 148 Å². The largest absolute Gasteiger partial charge is 0.472 e. The molecule has 1 fully saturated rings. The van der Waals surface area contributed by atoms with E-state index in [-0.39, 0.29) is 12.8 Å². The first-order valence-corrected chi connectivity index (χ1v) is 27.1. The van der Waals surface area contributed by atoms with Crippen molar-refractivity contribution in [3.05, 3.63) is 0 Å². The zero-order valence-corrected chi connectivity index (χ0v) is 40.2. The number of carbonyl (C=O) groups excluding carboxylic acids is 1. The average molecular weight is 910 g/mol. The summed E-state index contributed by atoms with van der Waals surface area (Å²) < 4.78 is 23.0. The van der Waals surface area contributed by atoms with Gasteiger partial charge >= 0.3 is 7.82 Å². The molecule has 1 amide bonds. The van der Waals surface area contributed by atoms with E-state index in [0.29, 0.717) is 12.8 Å². The van der Waals surface area contributed by atoms with Crippen LogP contribution in [0.25, 0.3) is 0 Å². The van der Waals surface area contributed by atoms with Crippen molar-refractivity contribution >= 4 is 13.7 Å². The molecule has 0 aromatic rings. The SMILES string of the molecule is CCCCCCCCCCCCCCCCCCCC(O)CC(=O)NC(COP(=O)(O)OC1C(O)C(O)C(O)C(O)C1O)C(O)CCCCCCCCCCCCCCCCC. The number of amides is 1. The van der Waals surface area contributed by atoms with E-state index in [4.69, 9.17) is 9.05 Å². The molecule has 0 aliphatic heterocycles. The highest BCUT2D eigenvalue weighted by Crippen LogP contribution is 2.47. The molecule has 0 bridgehead atoms. The van der Waals surface area contributed by atoms with Gasteiger partial charge in [-0.2, -0.15) is 0 Å². The summed E-state index contributed by atoms with van der Waals surface area (Å²) in [5.41, 5.74) is 0. The zero-order valence-electron chi connectivity index (χ0n) is 39.3. The Hall–Kier alpha value is -0.700. The molecule has 1 rings (SSSR count). The number of aliphatic hydroxyl groups is 7. The van der Waals surface area contributed by atoms with Crippen LogP contribution in [0.1, 0.15) is 239 Å². The Morgan fingerprint density at radius 1 is 0.500 bits per heavy atom. The van der Waals surface area contributed by atoms with E-state index in [9.17, 15) is 50.0 Å². The normalized spacial score (nSPS) is 22.9. The fourth-order valence-electron chi connectivity index (χ4n) is 8.54. The van der Waals surface area contributed by atoms with Gasteiger partial charge in [-0.05, 0) is 12.8 Å². The predicted molar refractivity (Wildman–Crippen MR) is 248 cm³/mol. The van der Waals surface area contributed by atoms with Gasteiger partial charge in [-0.15, -0.1) is 0 Å². The number of rotatable bonds is 43. The first kappa shape index (κ1) is 59.3. The van der Waals surface area contributed by atoms with Gasteiger partial charge in [0.05, 0.1) is 31.3 Å². The van der Waals surface area contributed by atoms with E-state index < -0.39 is 75.2 Å².